The maximum absolute atomic E-state index is 13.2. The molecule has 176 valence electrons. The molecule has 4 aromatic rings. The Hall–Kier alpha value is -3.72. The van der Waals surface area contributed by atoms with Crippen molar-refractivity contribution in [2.75, 3.05) is 13.2 Å². The molecule has 0 fully saturated rings. The van der Waals surface area contributed by atoms with E-state index >= 15 is 0 Å². The molecule has 2 aromatic carbocycles. The monoisotopic (exact) mass is 469 g/mol. The minimum Gasteiger partial charge on any atom is -0.463 e. The van der Waals surface area contributed by atoms with E-state index in [2.05, 4.69) is 10.1 Å². The van der Waals surface area contributed by atoms with Crippen LogP contribution in [-0.2, 0) is 27.5 Å². The number of fused-ring (bicyclic) bond motifs is 1. The first-order valence-corrected chi connectivity index (χ1v) is 10.6. The third kappa shape index (κ3) is 4.51. The summed E-state index contributed by atoms with van der Waals surface area (Å²) in [7, 11) is 0. The fourth-order valence-corrected chi connectivity index (χ4v) is 3.92. The van der Waals surface area contributed by atoms with E-state index in [0.717, 1.165) is 17.7 Å². The van der Waals surface area contributed by atoms with Gasteiger partial charge in [0.1, 0.15) is 12.0 Å². The van der Waals surface area contributed by atoms with Crippen LogP contribution in [0.4, 0.5) is 13.2 Å². The normalized spacial score (nSPS) is 13.6. The highest BCUT2D eigenvalue weighted by Gasteiger charge is 2.40. The Bertz CT molecular complexity index is 1290. The van der Waals surface area contributed by atoms with Crippen LogP contribution in [0, 0.1) is 0 Å². The fourth-order valence-electron chi connectivity index (χ4n) is 3.92. The predicted molar refractivity (Wildman–Crippen MR) is 119 cm³/mol. The summed E-state index contributed by atoms with van der Waals surface area (Å²) in [5.74, 6) is -0.538. The Morgan fingerprint density at radius 3 is 2.41 bits per heavy atom. The topological polar surface area (TPSA) is 76.7 Å². The first-order valence-electron chi connectivity index (χ1n) is 10.6. The number of alkyl halides is 3. The zero-order valence-corrected chi connectivity index (χ0v) is 18.3. The van der Waals surface area contributed by atoms with Gasteiger partial charge in [-0.05, 0) is 42.7 Å². The van der Waals surface area contributed by atoms with Gasteiger partial charge < -0.3 is 9.84 Å². The summed E-state index contributed by atoms with van der Waals surface area (Å²) in [6.07, 6.45) is -1.09. The van der Waals surface area contributed by atoms with Gasteiger partial charge in [-0.1, -0.05) is 42.5 Å². The number of benzene rings is 2. The van der Waals surface area contributed by atoms with E-state index in [9.17, 15) is 18.0 Å². The van der Waals surface area contributed by atoms with Gasteiger partial charge in [-0.2, -0.15) is 18.3 Å². The number of esters is 1. The minimum atomic E-state index is -4.43. The van der Waals surface area contributed by atoms with Gasteiger partial charge in [-0.15, -0.1) is 0 Å². The molecule has 2 aromatic heterocycles. The molecular formula is C25H22F3N3O3. The van der Waals surface area contributed by atoms with E-state index in [1.165, 1.54) is 29.0 Å². The molecule has 9 heteroatoms. The van der Waals surface area contributed by atoms with Gasteiger partial charge in [-0.25, -0.2) is 9.50 Å². The highest BCUT2D eigenvalue weighted by Crippen LogP contribution is 2.34. The van der Waals surface area contributed by atoms with E-state index in [1.54, 1.807) is 13.0 Å². The van der Waals surface area contributed by atoms with Crippen molar-refractivity contribution in [1.82, 2.24) is 14.6 Å². The van der Waals surface area contributed by atoms with Crippen molar-refractivity contribution in [2.24, 2.45) is 0 Å². The first kappa shape index (κ1) is 23.4. The lowest BCUT2D eigenvalue weighted by Gasteiger charge is -2.28. The molecule has 0 saturated heterocycles. The molecule has 1 atom stereocenters. The fraction of sp³-hybridized carbons (Fsp3) is 0.240. The Labute approximate surface area is 193 Å². The van der Waals surface area contributed by atoms with Crippen LogP contribution in [0.5, 0.6) is 0 Å². The van der Waals surface area contributed by atoms with Gasteiger partial charge in [0, 0.05) is 11.8 Å². The van der Waals surface area contributed by atoms with Crippen LogP contribution in [0.3, 0.4) is 0 Å². The Balaban J connectivity index is 1.80. The number of hydrogen-bond acceptors (Lipinski definition) is 5. The van der Waals surface area contributed by atoms with Crippen LogP contribution in [0.25, 0.3) is 16.8 Å². The Kier molecular flexibility index (Phi) is 6.39. The summed E-state index contributed by atoms with van der Waals surface area (Å²) in [6, 6.07) is 15.8. The van der Waals surface area contributed by atoms with E-state index in [1.807, 2.05) is 30.3 Å². The van der Waals surface area contributed by atoms with Gasteiger partial charge >= 0.3 is 12.1 Å². The molecule has 0 spiro atoms. The van der Waals surface area contributed by atoms with Gasteiger partial charge in [0.15, 0.2) is 5.65 Å². The first-order chi connectivity index (χ1) is 16.2. The van der Waals surface area contributed by atoms with Crippen molar-refractivity contribution in [3.05, 3.63) is 89.9 Å². The quantitative estimate of drug-likeness (QED) is 0.405. The number of aromatic nitrogens is 3. The molecule has 0 aliphatic rings. The van der Waals surface area contributed by atoms with Crippen molar-refractivity contribution in [2.45, 2.75) is 24.9 Å². The summed E-state index contributed by atoms with van der Waals surface area (Å²) in [6.45, 7) is 1.28. The number of carbonyl (C=O) groups is 1. The number of carbonyl (C=O) groups excluding carboxylic acids is 1. The third-order valence-electron chi connectivity index (χ3n) is 5.67. The van der Waals surface area contributed by atoms with Crippen molar-refractivity contribution in [3.63, 3.8) is 0 Å². The summed E-state index contributed by atoms with van der Waals surface area (Å²) >= 11 is 0. The van der Waals surface area contributed by atoms with Crippen LogP contribution in [0.2, 0.25) is 0 Å². The van der Waals surface area contributed by atoms with E-state index in [0.29, 0.717) is 28.9 Å². The minimum absolute atomic E-state index is 0.145. The second kappa shape index (κ2) is 9.26. The smallest absolute Gasteiger partial charge is 0.416 e. The average Bonchev–Trinajstić information content (AvgIpc) is 3.27. The predicted octanol–water partition coefficient (Wildman–Crippen LogP) is 4.45. The lowest BCUT2D eigenvalue weighted by molar-refractivity contribution is -0.151. The van der Waals surface area contributed by atoms with Gasteiger partial charge in [0.25, 0.3) is 0 Å². The molecule has 0 aliphatic carbocycles. The molecule has 0 aliphatic heterocycles. The molecule has 1 unspecified atom stereocenters. The molecule has 0 amide bonds. The summed E-state index contributed by atoms with van der Waals surface area (Å²) in [5, 5.41) is 13.5. The average molecular weight is 469 g/mol. The summed E-state index contributed by atoms with van der Waals surface area (Å²) < 4.78 is 45.7. The lowest BCUT2D eigenvalue weighted by atomic mass is 9.80. The molecule has 0 radical (unpaired) electrons. The Morgan fingerprint density at radius 2 is 1.76 bits per heavy atom. The van der Waals surface area contributed by atoms with Crippen LogP contribution in [-0.4, -0.2) is 38.9 Å². The molecular weight excluding hydrogens is 447 g/mol. The highest BCUT2D eigenvalue weighted by atomic mass is 19.4. The largest absolute Gasteiger partial charge is 0.463 e. The standard InChI is InChI=1S/C25H22F3N3O3/c1-24(23(33)34-14-13-32,15-17-5-3-2-4-6-17)21-11-12-29-22-20(16-30-31(21)22)18-7-9-19(10-8-18)25(26,27)28/h2-12,16,32H,13-15H2,1H3. The zero-order chi connectivity index (χ0) is 24.3. The van der Waals surface area contributed by atoms with Crippen molar-refractivity contribution in [3.8, 4) is 11.1 Å². The molecule has 4 rings (SSSR count). The van der Waals surface area contributed by atoms with E-state index in [4.69, 9.17) is 9.84 Å². The third-order valence-corrected chi connectivity index (χ3v) is 5.67. The molecule has 0 bridgehead atoms. The highest BCUT2D eigenvalue weighted by molar-refractivity contribution is 5.84. The van der Waals surface area contributed by atoms with Crippen LogP contribution in [0.15, 0.2) is 73.1 Å². The number of halogens is 3. The SMILES string of the molecule is CC(Cc1ccccc1)(C(=O)OCCO)c1ccnc2c(-c3ccc(C(F)(F)F)cc3)cnn12. The van der Waals surface area contributed by atoms with Crippen molar-refractivity contribution < 1.29 is 27.8 Å². The lowest BCUT2D eigenvalue weighted by Crippen LogP contribution is -2.39. The zero-order valence-electron chi connectivity index (χ0n) is 18.3. The molecule has 2 heterocycles. The molecule has 0 saturated carbocycles. The molecule has 1 N–H and O–H groups in total. The van der Waals surface area contributed by atoms with Crippen LogP contribution >= 0.6 is 0 Å². The van der Waals surface area contributed by atoms with Gasteiger partial charge in [0.05, 0.1) is 24.1 Å². The molecule has 6 nitrogen and oxygen atoms in total. The number of rotatable bonds is 7. The van der Waals surface area contributed by atoms with Gasteiger partial charge in [-0.3, -0.25) is 4.79 Å². The van der Waals surface area contributed by atoms with Gasteiger partial charge in [0.2, 0.25) is 0 Å². The second-order valence-electron chi connectivity index (χ2n) is 8.05. The maximum atomic E-state index is 13.2. The summed E-state index contributed by atoms with van der Waals surface area (Å²) in [4.78, 5) is 17.6. The Morgan fingerprint density at radius 1 is 1.06 bits per heavy atom. The number of hydrogen-bond donors (Lipinski definition) is 1. The summed E-state index contributed by atoms with van der Waals surface area (Å²) in [5.41, 5.74) is 0.909. The number of aliphatic hydroxyl groups excluding tert-OH is 1. The van der Waals surface area contributed by atoms with Crippen LogP contribution in [0.1, 0.15) is 23.7 Å². The van der Waals surface area contributed by atoms with Crippen molar-refractivity contribution in [1.29, 1.82) is 0 Å². The second-order valence-corrected chi connectivity index (χ2v) is 8.05. The maximum Gasteiger partial charge on any atom is 0.416 e. The van der Waals surface area contributed by atoms with E-state index < -0.39 is 23.1 Å². The number of nitrogens with zero attached hydrogens (tertiary/aromatic N) is 3. The number of aliphatic hydroxyl groups is 1. The van der Waals surface area contributed by atoms with Crippen molar-refractivity contribution >= 4 is 11.6 Å². The van der Waals surface area contributed by atoms with E-state index in [-0.39, 0.29) is 13.2 Å². The molecule has 34 heavy (non-hydrogen) atoms. The number of ether oxygens (including phenoxy) is 1. The van der Waals surface area contributed by atoms with Crippen LogP contribution < -0.4 is 0 Å².